The van der Waals surface area contributed by atoms with Crippen molar-refractivity contribution in [3.05, 3.63) is 35.7 Å². The van der Waals surface area contributed by atoms with Crippen LogP contribution in [0.3, 0.4) is 0 Å². The fourth-order valence-corrected chi connectivity index (χ4v) is 3.22. The van der Waals surface area contributed by atoms with Crippen molar-refractivity contribution >= 4 is 22.4 Å². The average Bonchev–Trinajstić information content (AvgIpc) is 2.98. The van der Waals surface area contributed by atoms with Crippen LogP contribution < -0.4 is 14.8 Å². The van der Waals surface area contributed by atoms with Crippen molar-refractivity contribution in [1.29, 1.82) is 0 Å². The number of hydrogen-bond acceptors (Lipinski definition) is 6. The van der Waals surface area contributed by atoms with E-state index in [1.807, 2.05) is 0 Å². The molecule has 1 aliphatic heterocycles. The van der Waals surface area contributed by atoms with E-state index >= 15 is 0 Å². The van der Waals surface area contributed by atoms with Crippen LogP contribution in [0.25, 0.3) is 0 Å². The first-order valence-corrected chi connectivity index (χ1v) is 8.91. The van der Waals surface area contributed by atoms with Gasteiger partial charge in [-0.1, -0.05) is 5.16 Å². The molecule has 2 heterocycles. The summed E-state index contributed by atoms with van der Waals surface area (Å²) in [5.41, 5.74) is 1.15. The molecule has 3 rings (SSSR count). The van der Waals surface area contributed by atoms with E-state index in [4.69, 9.17) is 14.0 Å². The lowest BCUT2D eigenvalue weighted by Crippen LogP contribution is -2.29. The summed E-state index contributed by atoms with van der Waals surface area (Å²) in [6.45, 7) is 4.37. The molecule has 0 spiro atoms. The third-order valence-electron chi connectivity index (χ3n) is 3.54. The molecule has 1 N–H and O–H groups in total. The van der Waals surface area contributed by atoms with Crippen LogP contribution in [-0.4, -0.2) is 33.7 Å². The van der Waals surface area contributed by atoms with Gasteiger partial charge in [0.25, 0.3) is 0 Å². The number of anilines is 1. The minimum Gasteiger partial charge on any atom is -0.486 e. The van der Waals surface area contributed by atoms with E-state index in [0.29, 0.717) is 41.9 Å². The molecule has 128 valence electrons. The van der Waals surface area contributed by atoms with Crippen LogP contribution in [0.15, 0.2) is 28.8 Å². The van der Waals surface area contributed by atoms with Gasteiger partial charge in [-0.2, -0.15) is 0 Å². The quantitative estimate of drug-likeness (QED) is 0.887. The van der Waals surface area contributed by atoms with Gasteiger partial charge in [0.2, 0.25) is 5.91 Å². The molecule has 2 atom stereocenters. The van der Waals surface area contributed by atoms with Gasteiger partial charge in [0.15, 0.2) is 11.5 Å². The molecule has 2 aromatic rings. The van der Waals surface area contributed by atoms with Gasteiger partial charge in [-0.25, -0.2) is 0 Å². The summed E-state index contributed by atoms with van der Waals surface area (Å²) in [5, 5.41) is 5.87. The van der Waals surface area contributed by atoms with Gasteiger partial charge in [-0.3, -0.25) is 9.00 Å². The third kappa shape index (κ3) is 3.76. The van der Waals surface area contributed by atoms with Gasteiger partial charge in [-0.15, -0.1) is 0 Å². The molecule has 1 aromatic heterocycles. The summed E-state index contributed by atoms with van der Waals surface area (Å²) in [4.78, 5) is 12.3. The lowest BCUT2D eigenvalue weighted by atomic mass is 10.2. The molecular weight excluding hydrogens is 332 g/mol. The van der Waals surface area contributed by atoms with Crippen LogP contribution in [0, 0.1) is 6.92 Å². The topological polar surface area (TPSA) is 90.7 Å². The number of benzene rings is 1. The standard InChI is InChI=1S/C16H18N2O5S/c1-10-7-13(18-23-10)9-24(20)11(2)16(19)17-12-3-4-14-15(8-12)22-6-5-21-14/h3-4,7-8,11H,5-6,9H2,1-2H3,(H,17,19)/t11-,24+/m1/s1. The fraction of sp³-hybridized carbons (Fsp3) is 0.375. The van der Waals surface area contributed by atoms with Crippen molar-refractivity contribution in [3.63, 3.8) is 0 Å². The first-order valence-electron chi connectivity index (χ1n) is 7.53. The van der Waals surface area contributed by atoms with Crippen molar-refractivity contribution in [3.8, 4) is 11.5 Å². The summed E-state index contributed by atoms with van der Waals surface area (Å²) < 4.78 is 28.2. The van der Waals surface area contributed by atoms with E-state index in [1.165, 1.54) is 0 Å². The van der Waals surface area contributed by atoms with E-state index in [-0.39, 0.29) is 11.7 Å². The van der Waals surface area contributed by atoms with Crippen LogP contribution in [0.4, 0.5) is 5.69 Å². The van der Waals surface area contributed by atoms with E-state index in [0.717, 1.165) is 0 Å². The van der Waals surface area contributed by atoms with Crippen LogP contribution in [0.5, 0.6) is 11.5 Å². The normalized spacial score (nSPS) is 15.6. The highest BCUT2D eigenvalue weighted by atomic mass is 32.2. The average molecular weight is 350 g/mol. The lowest BCUT2D eigenvalue weighted by Gasteiger charge is -2.19. The zero-order chi connectivity index (χ0) is 17.1. The van der Waals surface area contributed by atoms with E-state index in [9.17, 15) is 9.00 Å². The number of carbonyl (C=O) groups excluding carboxylic acids is 1. The van der Waals surface area contributed by atoms with Crippen molar-refractivity contribution in [2.24, 2.45) is 0 Å². The number of nitrogens with zero attached hydrogens (tertiary/aromatic N) is 1. The zero-order valence-electron chi connectivity index (χ0n) is 13.4. The molecule has 0 saturated heterocycles. The number of rotatable bonds is 5. The summed E-state index contributed by atoms with van der Waals surface area (Å²) in [6, 6.07) is 6.87. The van der Waals surface area contributed by atoms with E-state index in [2.05, 4.69) is 10.5 Å². The Labute approximate surface area is 141 Å². The monoisotopic (exact) mass is 350 g/mol. The first kappa shape index (κ1) is 16.5. The smallest absolute Gasteiger partial charge is 0.239 e. The summed E-state index contributed by atoms with van der Waals surface area (Å²) in [6.07, 6.45) is 0. The Hall–Kier alpha value is -2.35. The third-order valence-corrected chi connectivity index (χ3v) is 5.12. The number of aromatic nitrogens is 1. The second-order valence-electron chi connectivity index (χ2n) is 5.44. The molecule has 8 heteroatoms. The van der Waals surface area contributed by atoms with Crippen molar-refractivity contribution in [2.45, 2.75) is 24.9 Å². The number of fused-ring (bicyclic) bond motifs is 1. The van der Waals surface area contributed by atoms with Crippen LogP contribution in [0.1, 0.15) is 18.4 Å². The molecule has 1 aromatic carbocycles. The molecule has 0 aliphatic carbocycles. The Morgan fingerprint density at radius 3 is 2.75 bits per heavy atom. The summed E-state index contributed by atoms with van der Waals surface area (Å²) in [5.74, 6) is 1.73. The Morgan fingerprint density at radius 2 is 2.04 bits per heavy atom. The molecule has 1 aliphatic rings. The number of amides is 1. The summed E-state index contributed by atoms with van der Waals surface area (Å²) >= 11 is 0. The highest BCUT2D eigenvalue weighted by Gasteiger charge is 2.22. The van der Waals surface area contributed by atoms with Crippen molar-refractivity contribution in [1.82, 2.24) is 5.16 Å². The van der Waals surface area contributed by atoms with E-state index < -0.39 is 16.0 Å². The highest BCUT2D eigenvalue weighted by molar-refractivity contribution is 7.85. The minimum atomic E-state index is -1.40. The Kier molecular flexibility index (Phi) is 4.84. The lowest BCUT2D eigenvalue weighted by molar-refractivity contribution is -0.115. The molecular formula is C16H18N2O5S. The molecule has 0 radical (unpaired) electrons. The molecule has 0 unspecified atom stereocenters. The van der Waals surface area contributed by atoms with Gasteiger partial charge in [0.1, 0.15) is 24.2 Å². The SMILES string of the molecule is Cc1cc(C[S@](=O)[C@H](C)C(=O)Nc2ccc3c(c2)OCCO3)no1. The molecule has 1 amide bonds. The summed E-state index contributed by atoms with van der Waals surface area (Å²) in [7, 11) is -1.40. The number of ether oxygens (including phenoxy) is 2. The van der Waals surface area contributed by atoms with E-state index in [1.54, 1.807) is 38.1 Å². The predicted molar refractivity (Wildman–Crippen MR) is 88.6 cm³/mol. The van der Waals surface area contributed by atoms with Gasteiger partial charge >= 0.3 is 0 Å². The second-order valence-corrected chi connectivity index (χ2v) is 7.20. The molecule has 24 heavy (non-hydrogen) atoms. The van der Waals surface area contributed by atoms with Crippen molar-refractivity contribution < 1.29 is 23.0 Å². The highest BCUT2D eigenvalue weighted by Crippen LogP contribution is 2.32. The Morgan fingerprint density at radius 1 is 1.29 bits per heavy atom. The van der Waals surface area contributed by atoms with Crippen molar-refractivity contribution in [2.75, 3.05) is 18.5 Å². The molecule has 0 bridgehead atoms. The largest absolute Gasteiger partial charge is 0.486 e. The number of carbonyl (C=O) groups is 1. The Balaban J connectivity index is 1.62. The van der Waals surface area contributed by atoms with Crippen LogP contribution in [-0.2, 0) is 21.3 Å². The molecule has 7 nitrogen and oxygen atoms in total. The second kappa shape index (κ2) is 7.04. The zero-order valence-corrected chi connectivity index (χ0v) is 14.2. The number of nitrogens with one attached hydrogen (secondary N) is 1. The number of aryl methyl sites for hydroxylation is 1. The minimum absolute atomic E-state index is 0.174. The van der Waals surface area contributed by atoms with Crippen LogP contribution >= 0.6 is 0 Å². The predicted octanol–water partition coefficient (Wildman–Crippen LogP) is 2.03. The first-order chi connectivity index (χ1) is 11.5. The Bertz CT molecular complexity index is 774. The maximum atomic E-state index is 12.3. The van der Waals surface area contributed by atoms with Crippen LogP contribution in [0.2, 0.25) is 0 Å². The fourth-order valence-electron chi connectivity index (χ4n) is 2.24. The maximum absolute atomic E-state index is 12.3. The van der Waals surface area contributed by atoms with Gasteiger partial charge < -0.3 is 19.3 Å². The molecule has 0 fully saturated rings. The number of hydrogen-bond donors (Lipinski definition) is 1. The van der Waals surface area contributed by atoms with Gasteiger partial charge in [0, 0.05) is 28.6 Å². The molecule has 0 saturated carbocycles. The van der Waals surface area contributed by atoms with Gasteiger partial charge in [-0.05, 0) is 26.0 Å². The van der Waals surface area contributed by atoms with Gasteiger partial charge in [0.05, 0.1) is 11.4 Å². The maximum Gasteiger partial charge on any atom is 0.239 e.